The summed E-state index contributed by atoms with van der Waals surface area (Å²) in [6.07, 6.45) is 3.93. The number of allylic oxidation sites excluding steroid dienone is 2. The number of amides is 1. The molecule has 0 saturated heterocycles. The summed E-state index contributed by atoms with van der Waals surface area (Å²) < 4.78 is 0. The predicted octanol–water partition coefficient (Wildman–Crippen LogP) is 3.86. The summed E-state index contributed by atoms with van der Waals surface area (Å²) >= 11 is 0. The van der Waals surface area contributed by atoms with E-state index < -0.39 is 22.7 Å². The largest absolute Gasteiger partial charge is 0.311 e. The van der Waals surface area contributed by atoms with Crippen LogP contribution in [0.1, 0.15) is 38.7 Å². The molecule has 1 unspecified atom stereocenters. The number of carbonyl (C=O) groups is 1. The van der Waals surface area contributed by atoms with Crippen molar-refractivity contribution in [3.05, 3.63) is 41.5 Å². The number of nitrogens with one attached hydrogen (secondary N) is 1. The Morgan fingerprint density at radius 3 is 2.57 bits per heavy atom. The maximum atomic E-state index is 14.1. The molecule has 4 rings (SSSR count). The van der Waals surface area contributed by atoms with Crippen molar-refractivity contribution in [1.29, 1.82) is 21.2 Å². The fourth-order valence-electron chi connectivity index (χ4n) is 5.75. The van der Waals surface area contributed by atoms with Crippen molar-refractivity contribution >= 4 is 17.3 Å². The first-order chi connectivity index (χ1) is 14.4. The Balaban J connectivity index is 2.08. The first-order valence-electron chi connectivity index (χ1n) is 10.4. The van der Waals surface area contributed by atoms with Crippen molar-refractivity contribution in [2.75, 3.05) is 11.4 Å². The number of hydrogen-bond donors (Lipinski definition) is 1. The normalized spacial score (nSPS) is 31.2. The molecule has 1 spiro atoms. The summed E-state index contributed by atoms with van der Waals surface area (Å²) in [6, 6.07) is 13.8. The molecule has 1 aromatic carbocycles. The van der Waals surface area contributed by atoms with E-state index in [9.17, 15) is 20.6 Å². The lowest BCUT2D eigenvalue weighted by Crippen LogP contribution is -2.62. The van der Waals surface area contributed by atoms with E-state index in [4.69, 9.17) is 5.41 Å². The highest BCUT2D eigenvalue weighted by Gasteiger charge is 2.69. The van der Waals surface area contributed by atoms with Crippen LogP contribution in [-0.4, -0.2) is 18.2 Å². The zero-order valence-corrected chi connectivity index (χ0v) is 17.1. The molecule has 0 bridgehead atoms. The summed E-state index contributed by atoms with van der Waals surface area (Å²) in [5.41, 5.74) is -1.28. The van der Waals surface area contributed by atoms with Crippen LogP contribution in [0, 0.1) is 62.6 Å². The fraction of sp³-hybridized carbons (Fsp3) is 0.458. The molecule has 1 N–H and O–H groups in total. The van der Waals surface area contributed by atoms with E-state index in [1.165, 1.54) is 0 Å². The van der Waals surface area contributed by atoms with Crippen LogP contribution in [-0.2, 0) is 10.2 Å². The Kier molecular flexibility index (Phi) is 4.52. The summed E-state index contributed by atoms with van der Waals surface area (Å²) in [7, 11) is 0. The molecule has 6 heteroatoms. The van der Waals surface area contributed by atoms with Crippen LogP contribution in [0.4, 0.5) is 5.69 Å². The lowest BCUT2D eigenvalue weighted by molar-refractivity contribution is -0.126. The smallest absolute Gasteiger partial charge is 0.240 e. The molecule has 1 fully saturated rings. The molecule has 0 radical (unpaired) electrons. The Hall–Kier alpha value is -3.43. The van der Waals surface area contributed by atoms with Gasteiger partial charge in [-0.15, -0.1) is 0 Å². The van der Waals surface area contributed by atoms with Crippen LogP contribution in [0.5, 0.6) is 0 Å². The second-order valence-electron chi connectivity index (χ2n) is 8.58. The van der Waals surface area contributed by atoms with Gasteiger partial charge in [0, 0.05) is 18.2 Å². The zero-order valence-electron chi connectivity index (χ0n) is 17.1. The Bertz CT molecular complexity index is 1080. The number of benzene rings is 1. The molecule has 1 aliphatic heterocycles. The lowest BCUT2D eigenvalue weighted by Gasteiger charge is -2.51. The third-order valence-corrected chi connectivity index (χ3v) is 7.04. The van der Waals surface area contributed by atoms with Crippen LogP contribution in [0.25, 0.3) is 0 Å². The van der Waals surface area contributed by atoms with Gasteiger partial charge in [0.05, 0.1) is 23.9 Å². The number of fused-ring (bicyclic) bond motifs is 4. The highest BCUT2D eigenvalue weighted by atomic mass is 16.2. The topological polar surface area (TPSA) is 116 Å². The highest BCUT2D eigenvalue weighted by molar-refractivity contribution is 6.15. The third-order valence-electron chi connectivity index (χ3n) is 7.04. The number of para-hydroxylation sites is 1. The maximum Gasteiger partial charge on any atom is 0.240 e. The molecule has 4 atom stereocenters. The van der Waals surface area contributed by atoms with Gasteiger partial charge in [0.25, 0.3) is 0 Å². The van der Waals surface area contributed by atoms with Gasteiger partial charge in [-0.25, -0.2) is 0 Å². The van der Waals surface area contributed by atoms with E-state index in [1.54, 1.807) is 4.90 Å². The van der Waals surface area contributed by atoms with Gasteiger partial charge in [0.15, 0.2) is 0 Å². The molecule has 1 saturated carbocycles. The zero-order chi connectivity index (χ0) is 21.7. The Labute approximate surface area is 176 Å². The number of hydrogen-bond acceptors (Lipinski definition) is 5. The SMILES string of the molecule is CCCN1C(=O)[C@@]2(c3ccccc31)C(C#N)C(=N)C(C#N)(C#N)C1=CC[C@@H](C)C[C@@H]12. The number of rotatable bonds is 2. The molecule has 1 aromatic rings. The van der Waals surface area contributed by atoms with E-state index in [-0.39, 0.29) is 17.5 Å². The second kappa shape index (κ2) is 6.82. The molecule has 0 aromatic heterocycles. The van der Waals surface area contributed by atoms with Gasteiger partial charge in [0.1, 0.15) is 11.3 Å². The van der Waals surface area contributed by atoms with Gasteiger partial charge in [-0.3, -0.25) is 4.79 Å². The fourth-order valence-corrected chi connectivity index (χ4v) is 5.75. The molecular formula is C24H23N5O. The van der Waals surface area contributed by atoms with Crippen molar-refractivity contribution < 1.29 is 4.79 Å². The number of nitriles is 3. The van der Waals surface area contributed by atoms with Crippen molar-refractivity contribution in [2.45, 2.75) is 38.5 Å². The number of anilines is 1. The molecule has 2 aliphatic carbocycles. The van der Waals surface area contributed by atoms with Crippen LogP contribution in [0.2, 0.25) is 0 Å². The monoisotopic (exact) mass is 397 g/mol. The van der Waals surface area contributed by atoms with Gasteiger partial charge in [-0.2, -0.15) is 15.8 Å². The van der Waals surface area contributed by atoms with E-state index in [1.807, 2.05) is 49.4 Å². The minimum atomic E-state index is -1.79. The number of nitrogens with zero attached hydrogens (tertiary/aromatic N) is 4. The van der Waals surface area contributed by atoms with Crippen LogP contribution in [0.3, 0.4) is 0 Å². The van der Waals surface area contributed by atoms with E-state index >= 15 is 0 Å². The van der Waals surface area contributed by atoms with Gasteiger partial charge in [0.2, 0.25) is 11.3 Å². The van der Waals surface area contributed by atoms with Gasteiger partial charge in [-0.1, -0.05) is 38.1 Å². The van der Waals surface area contributed by atoms with Gasteiger partial charge < -0.3 is 10.3 Å². The average molecular weight is 397 g/mol. The van der Waals surface area contributed by atoms with E-state index in [2.05, 4.69) is 13.0 Å². The van der Waals surface area contributed by atoms with Crippen molar-refractivity contribution in [3.63, 3.8) is 0 Å². The van der Waals surface area contributed by atoms with Gasteiger partial charge >= 0.3 is 0 Å². The predicted molar refractivity (Wildman–Crippen MR) is 111 cm³/mol. The molecular weight excluding hydrogens is 374 g/mol. The molecule has 3 aliphatic rings. The lowest BCUT2D eigenvalue weighted by atomic mass is 9.46. The minimum absolute atomic E-state index is 0.184. The summed E-state index contributed by atoms with van der Waals surface area (Å²) in [5, 5.41) is 39.1. The van der Waals surface area contributed by atoms with Crippen LogP contribution >= 0.6 is 0 Å². The van der Waals surface area contributed by atoms with E-state index in [0.29, 0.717) is 25.0 Å². The standard InChI is InChI=1S/C24H23N5O/c1-3-10-29-20-7-5-4-6-17(20)24(22(29)30)18-11-15(2)8-9-16(18)23(13-26,14-27)21(28)19(24)12-25/h4-7,9,15,18-19,28H,3,8,10-11H2,1-2H3/t15-,18+,19?,24-/m1/s1. The summed E-state index contributed by atoms with van der Waals surface area (Å²) in [4.78, 5) is 15.8. The third kappa shape index (κ3) is 2.16. The minimum Gasteiger partial charge on any atom is -0.311 e. The summed E-state index contributed by atoms with van der Waals surface area (Å²) in [6.45, 7) is 4.60. The Morgan fingerprint density at radius 2 is 1.93 bits per heavy atom. The number of carbonyl (C=O) groups excluding carboxylic acids is 1. The molecule has 1 heterocycles. The first kappa shape index (κ1) is 19.9. The Morgan fingerprint density at radius 1 is 1.23 bits per heavy atom. The maximum absolute atomic E-state index is 14.1. The average Bonchev–Trinajstić information content (AvgIpc) is 3.00. The summed E-state index contributed by atoms with van der Waals surface area (Å²) in [5.74, 6) is -1.57. The van der Waals surface area contributed by atoms with Crippen molar-refractivity contribution in [3.8, 4) is 18.2 Å². The van der Waals surface area contributed by atoms with E-state index in [0.717, 1.165) is 17.7 Å². The quantitative estimate of drug-likeness (QED) is 0.763. The molecule has 1 amide bonds. The molecule has 6 nitrogen and oxygen atoms in total. The van der Waals surface area contributed by atoms with Crippen LogP contribution < -0.4 is 4.90 Å². The highest BCUT2D eigenvalue weighted by Crippen LogP contribution is 2.62. The van der Waals surface area contributed by atoms with Gasteiger partial charge in [-0.05, 0) is 42.4 Å². The van der Waals surface area contributed by atoms with Crippen molar-refractivity contribution in [2.24, 2.45) is 23.2 Å². The first-order valence-corrected chi connectivity index (χ1v) is 10.4. The van der Waals surface area contributed by atoms with Crippen molar-refractivity contribution in [1.82, 2.24) is 0 Å². The molecule has 150 valence electrons. The molecule has 30 heavy (non-hydrogen) atoms. The second-order valence-corrected chi connectivity index (χ2v) is 8.58. The van der Waals surface area contributed by atoms with Crippen LogP contribution in [0.15, 0.2) is 35.9 Å².